The van der Waals surface area contributed by atoms with E-state index in [2.05, 4.69) is 4.99 Å². The van der Waals surface area contributed by atoms with Crippen molar-refractivity contribution >= 4 is 56.7 Å². The predicted molar refractivity (Wildman–Crippen MR) is 118 cm³/mol. The molecule has 0 radical (unpaired) electrons. The van der Waals surface area contributed by atoms with Gasteiger partial charge in [0.25, 0.3) is 0 Å². The van der Waals surface area contributed by atoms with Crippen LogP contribution in [-0.4, -0.2) is 10.8 Å². The number of amidine groups is 1. The normalized spacial score (nSPS) is 11.7. The summed E-state index contributed by atoms with van der Waals surface area (Å²) in [6, 6.07) is 18.9. The van der Waals surface area contributed by atoms with Crippen LogP contribution in [0.3, 0.4) is 0 Å². The van der Waals surface area contributed by atoms with Crippen LogP contribution in [0.5, 0.6) is 0 Å². The largest absolute Gasteiger partial charge is 0.383 e. The van der Waals surface area contributed by atoms with Crippen molar-refractivity contribution in [2.75, 3.05) is 0 Å². The summed E-state index contributed by atoms with van der Waals surface area (Å²) in [4.78, 5) is 10.5. The number of thiazole rings is 1. The Kier molecular flexibility index (Phi) is 5.27. The molecule has 0 amide bonds. The van der Waals surface area contributed by atoms with Crippen molar-refractivity contribution in [1.82, 2.24) is 4.98 Å². The van der Waals surface area contributed by atoms with Gasteiger partial charge >= 0.3 is 0 Å². The first-order chi connectivity index (χ1) is 13.1. The second-order valence-electron chi connectivity index (χ2n) is 5.66. The summed E-state index contributed by atoms with van der Waals surface area (Å²) in [6.45, 7) is 0. The number of nitrogens with two attached hydrogens (primary N) is 1. The molecule has 2 aromatic heterocycles. The Balaban J connectivity index is 1.79. The molecule has 0 saturated carbocycles. The fourth-order valence-electron chi connectivity index (χ4n) is 2.47. The van der Waals surface area contributed by atoms with Crippen LogP contribution in [-0.2, 0) is 0 Å². The molecule has 4 aromatic rings. The van der Waals surface area contributed by atoms with E-state index in [1.54, 1.807) is 23.5 Å². The number of thiophene rings is 1. The zero-order valence-corrected chi connectivity index (χ0v) is 17.0. The van der Waals surface area contributed by atoms with Crippen LogP contribution in [0, 0.1) is 0 Å². The van der Waals surface area contributed by atoms with Crippen LogP contribution in [0.15, 0.2) is 71.0 Å². The van der Waals surface area contributed by atoms with Crippen molar-refractivity contribution in [3.05, 3.63) is 81.7 Å². The molecule has 0 atom stereocenters. The first-order valence-corrected chi connectivity index (χ1v) is 10.5. The van der Waals surface area contributed by atoms with Gasteiger partial charge in [-0.15, -0.1) is 11.3 Å². The molecule has 0 aliphatic heterocycles. The number of rotatable bonds is 4. The quantitative estimate of drug-likeness (QED) is 0.283. The molecule has 3 nitrogen and oxygen atoms in total. The molecular weight excluding hydrogens is 417 g/mol. The van der Waals surface area contributed by atoms with E-state index in [-0.39, 0.29) is 0 Å². The molecule has 7 heteroatoms. The van der Waals surface area contributed by atoms with Crippen LogP contribution in [0.25, 0.3) is 21.1 Å². The molecule has 0 unspecified atom stereocenters. The minimum atomic E-state index is 0.427. The molecule has 4 rings (SSSR count). The van der Waals surface area contributed by atoms with Gasteiger partial charge in [-0.05, 0) is 47.8 Å². The molecule has 134 valence electrons. The first kappa shape index (κ1) is 18.2. The summed E-state index contributed by atoms with van der Waals surface area (Å²) in [5, 5.41) is 5.02. The van der Waals surface area contributed by atoms with Crippen molar-refractivity contribution in [3.8, 4) is 21.1 Å². The molecule has 27 heavy (non-hydrogen) atoms. The highest BCUT2D eigenvalue weighted by Gasteiger charge is 2.16. The van der Waals surface area contributed by atoms with Gasteiger partial charge in [-0.25, -0.2) is 9.98 Å². The van der Waals surface area contributed by atoms with E-state index in [0.29, 0.717) is 15.9 Å². The van der Waals surface area contributed by atoms with Gasteiger partial charge in [-0.3, -0.25) is 0 Å². The van der Waals surface area contributed by atoms with Gasteiger partial charge in [0.1, 0.15) is 21.5 Å². The second-order valence-corrected chi connectivity index (χ2v) is 8.46. The number of nitrogens with zero attached hydrogens (tertiary/aromatic N) is 2. The van der Waals surface area contributed by atoms with E-state index in [4.69, 9.17) is 33.9 Å². The lowest BCUT2D eigenvalue weighted by Gasteiger charge is -2.01. The molecule has 0 spiro atoms. The summed E-state index contributed by atoms with van der Waals surface area (Å²) in [6.07, 6.45) is 0. The van der Waals surface area contributed by atoms with Gasteiger partial charge in [0.2, 0.25) is 0 Å². The third-order valence-electron chi connectivity index (χ3n) is 3.82. The van der Waals surface area contributed by atoms with Crippen molar-refractivity contribution in [2.45, 2.75) is 0 Å². The highest BCUT2D eigenvalue weighted by molar-refractivity contribution is 7.20. The zero-order valence-electron chi connectivity index (χ0n) is 13.9. The highest BCUT2D eigenvalue weighted by Crippen LogP contribution is 2.41. The molecule has 0 aliphatic rings. The van der Waals surface area contributed by atoms with E-state index < -0.39 is 0 Å². The number of halogens is 2. The van der Waals surface area contributed by atoms with Gasteiger partial charge in [0.15, 0.2) is 0 Å². The van der Waals surface area contributed by atoms with Gasteiger partial charge < -0.3 is 5.73 Å². The van der Waals surface area contributed by atoms with Crippen molar-refractivity contribution in [1.29, 1.82) is 0 Å². The average Bonchev–Trinajstić information content (AvgIpc) is 3.32. The Bertz CT molecular complexity index is 1080. The highest BCUT2D eigenvalue weighted by atomic mass is 35.5. The lowest BCUT2D eigenvalue weighted by molar-refractivity contribution is 1.40. The summed E-state index contributed by atoms with van der Waals surface area (Å²) < 4.78 is 0. The van der Waals surface area contributed by atoms with Gasteiger partial charge in [-0.2, -0.15) is 0 Å². The lowest BCUT2D eigenvalue weighted by atomic mass is 10.2. The maximum Gasteiger partial charge on any atom is 0.147 e. The summed E-state index contributed by atoms with van der Waals surface area (Å²) in [5.41, 5.74) is 8.88. The van der Waals surface area contributed by atoms with E-state index in [9.17, 15) is 0 Å². The smallest absolute Gasteiger partial charge is 0.147 e. The van der Waals surface area contributed by atoms with Crippen LogP contribution < -0.4 is 5.73 Å². The molecule has 0 bridgehead atoms. The fourth-order valence-corrected chi connectivity index (χ4v) is 4.47. The second kappa shape index (κ2) is 7.82. The summed E-state index contributed by atoms with van der Waals surface area (Å²) in [7, 11) is 0. The van der Waals surface area contributed by atoms with E-state index in [1.807, 2.05) is 53.9 Å². The minimum absolute atomic E-state index is 0.427. The number of benzene rings is 2. The molecular formula is C20H13Cl2N3S2. The third kappa shape index (κ3) is 4.06. The SMILES string of the molecule is N/C(=N\c1sc(-c2ccc(Cl)cc2)nc1-c1cccs1)c1ccc(Cl)cc1. The zero-order chi connectivity index (χ0) is 18.8. The Hall–Kier alpha value is -2.18. The van der Waals surface area contributed by atoms with Crippen LogP contribution >= 0.6 is 45.9 Å². The Labute approximate surface area is 174 Å². The molecule has 2 heterocycles. The molecule has 2 aromatic carbocycles. The van der Waals surface area contributed by atoms with E-state index in [1.165, 1.54) is 11.3 Å². The lowest BCUT2D eigenvalue weighted by Crippen LogP contribution is -2.12. The van der Waals surface area contributed by atoms with Gasteiger partial charge in [0.05, 0.1) is 4.88 Å². The standard InChI is InChI=1S/C20H13Cl2N3S2/c21-14-7-3-12(4-8-14)18(23)25-20-17(16-2-1-11-26-16)24-19(27-20)13-5-9-15(22)10-6-13/h1-11H,(H2,23,25). The number of aliphatic imine (C=N–C) groups is 1. The van der Waals surface area contributed by atoms with E-state index in [0.717, 1.165) is 31.7 Å². The topological polar surface area (TPSA) is 51.3 Å². The fraction of sp³-hybridized carbons (Fsp3) is 0. The van der Waals surface area contributed by atoms with E-state index >= 15 is 0 Å². The van der Waals surface area contributed by atoms with Gasteiger partial charge in [-0.1, -0.05) is 52.7 Å². The third-order valence-corrected chi connectivity index (χ3v) is 6.20. The Morgan fingerprint density at radius 3 is 2.22 bits per heavy atom. The average molecular weight is 430 g/mol. The van der Waals surface area contributed by atoms with Crippen LogP contribution in [0.2, 0.25) is 10.0 Å². The van der Waals surface area contributed by atoms with Crippen LogP contribution in [0.1, 0.15) is 5.56 Å². The Morgan fingerprint density at radius 1 is 0.926 bits per heavy atom. The van der Waals surface area contributed by atoms with Crippen LogP contribution in [0.4, 0.5) is 5.00 Å². The number of hydrogen-bond donors (Lipinski definition) is 1. The summed E-state index contributed by atoms with van der Waals surface area (Å²) >= 11 is 15.1. The molecule has 0 fully saturated rings. The first-order valence-electron chi connectivity index (χ1n) is 8.01. The predicted octanol–water partition coefficient (Wildman–Crippen LogP) is 6.88. The van der Waals surface area contributed by atoms with Crippen molar-refractivity contribution in [2.24, 2.45) is 10.7 Å². The maximum absolute atomic E-state index is 6.24. The minimum Gasteiger partial charge on any atom is -0.383 e. The number of hydrogen-bond acceptors (Lipinski definition) is 4. The summed E-state index contributed by atoms with van der Waals surface area (Å²) in [5.74, 6) is 0.427. The Morgan fingerprint density at radius 2 is 1.59 bits per heavy atom. The monoisotopic (exact) mass is 429 g/mol. The number of aromatic nitrogens is 1. The van der Waals surface area contributed by atoms with Gasteiger partial charge in [0, 0.05) is 21.2 Å². The molecule has 0 aliphatic carbocycles. The molecule has 0 saturated heterocycles. The van der Waals surface area contributed by atoms with Crippen molar-refractivity contribution in [3.63, 3.8) is 0 Å². The maximum atomic E-state index is 6.24. The molecule has 2 N–H and O–H groups in total. The van der Waals surface area contributed by atoms with Crippen molar-refractivity contribution < 1.29 is 0 Å².